The molecule has 1 aromatic heterocycles. The number of amides is 1. The van der Waals surface area contributed by atoms with Crippen LogP contribution in [0.2, 0.25) is 0 Å². The average molecular weight is 268 g/mol. The first kappa shape index (κ1) is 14.5. The molecule has 0 fully saturated rings. The van der Waals surface area contributed by atoms with Crippen molar-refractivity contribution < 1.29 is 14.7 Å². The van der Waals surface area contributed by atoms with E-state index >= 15 is 0 Å². The standard InChI is InChI=1S/C12H16N2O3S/c1-8-4-3-5-9(13-8)11(15)14-10(12(16)17)6-7-18-2/h3-5,10H,6-7H2,1-2H3,(H,14,15)(H,16,17). The third-order valence-electron chi connectivity index (χ3n) is 2.34. The Bertz CT molecular complexity index is 437. The maximum atomic E-state index is 11.8. The normalized spacial score (nSPS) is 11.9. The van der Waals surface area contributed by atoms with E-state index in [4.69, 9.17) is 5.11 Å². The first-order valence-corrected chi connectivity index (χ1v) is 6.90. The van der Waals surface area contributed by atoms with Crippen molar-refractivity contribution in [1.82, 2.24) is 10.3 Å². The highest BCUT2D eigenvalue weighted by atomic mass is 32.2. The van der Waals surface area contributed by atoms with E-state index in [1.165, 1.54) is 0 Å². The van der Waals surface area contributed by atoms with Gasteiger partial charge < -0.3 is 10.4 Å². The molecule has 2 N–H and O–H groups in total. The van der Waals surface area contributed by atoms with Crippen molar-refractivity contribution >= 4 is 23.6 Å². The summed E-state index contributed by atoms with van der Waals surface area (Å²) in [6, 6.07) is 4.19. The fourth-order valence-electron chi connectivity index (χ4n) is 1.39. The smallest absolute Gasteiger partial charge is 0.326 e. The van der Waals surface area contributed by atoms with Crippen LogP contribution in [0.4, 0.5) is 0 Å². The summed E-state index contributed by atoms with van der Waals surface area (Å²) in [6.07, 6.45) is 2.29. The molecular formula is C12H16N2O3S. The van der Waals surface area contributed by atoms with E-state index in [0.29, 0.717) is 12.2 Å². The van der Waals surface area contributed by atoms with Gasteiger partial charge in [0.25, 0.3) is 5.91 Å². The van der Waals surface area contributed by atoms with Gasteiger partial charge in [0, 0.05) is 5.69 Å². The summed E-state index contributed by atoms with van der Waals surface area (Å²) >= 11 is 1.54. The molecule has 0 aromatic carbocycles. The summed E-state index contributed by atoms with van der Waals surface area (Å²) in [4.78, 5) is 26.9. The third-order valence-corrected chi connectivity index (χ3v) is 2.98. The van der Waals surface area contributed by atoms with Crippen LogP contribution in [0.3, 0.4) is 0 Å². The van der Waals surface area contributed by atoms with Crippen LogP contribution >= 0.6 is 11.8 Å². The minimum atomic E-state index is -1.02. The van der Waals surface area contributed by atoms with E-state index in [-0.39, 0.29) is 5.69 Å². The number of hydrogen-bond donors (Lipinski definition) is 2. The minimum absolute atomic E-state index is 0.241. The van der Waals surface area contributed by atoms with Crippen LogP contribution in [0.25, 0.3) is 0 Å². The summed E-state index contributed by atoms with van der Waals surface area (Å²) < 4.78 is 0. The van der Waals surface area contributed by atoms with Crippen LogP contribution in [-0.4, -0.2) is 40.0 Å². The fraction of sp³-hybridized carbons (Fsp3) is 0.417. The molecule has 5 nitrogen and oxygen atoms in total. The molecule has 1 aromatic rings. The number of thioether (sulfide) groups is 1. The van der Waals surface area contributed by atoms with Gasteiger partial charge in [0.05, 0.1) is 0 Å². The Balaban J connectivity index is 2.69. The largest absolute Gasteiger partial charge is 0.480 e. The number of carbonyl (C=O) groups is 2. The van der Waals surface area contributed by atoms with E-state index in [1.807, 2.05) is 6.26 Å². The van der Waals surface area contributed by atoms with Gasteiger partial charge in [-0.15, -0.1) is 0 Å². The number of carboxylic acid groups (broad SMARTS) is 1. The molecule has 0 aliphatic carbocycles. The predicted molar refractivity (Wildman–Crippen MR) is 70.9 cm³/mol. The van der Waals surface area contributed by atoms with Crippen LogP contribution in [0.5, 0.6) is 0 Å². The van der Waals surface area contributed by atoms with Crippen molar-refractivity contribution in [3.05, 3.63) is 29.6 Å². The average Bonchev–Trinajstić information content (AvgIpc) is 2.33. The molecular weight excluding hydrogens is 252 g/mol. The lowest BCUT2D eigenvalue weighted by Gasteiger charge is -2.13. The molecule has 1 atom stereocenters. The summed E-state index contributed by atoms with van der Waals surface area (Å²) in [6.45, 7) is 1.78. The van der Waals surface area contributed by atoms with Crippen molar-refractivity contribution in [3.8, 4) is 0 Å². The quantitative estimate of drug-likeness (QED) is 0.813. The number of hydrogen-bond acceptors (Lipinski definition) is 4. The van der Waals surface area contributed by atoms with Crippen molar-refractivity contribution in [3.63, 3.8) is 0 Å². The molecule has 1 rings (SSSR count). The molecule has 0 aliphatic heterocycles. The van der Waals surface area contributed by atoms with Gasteiger partial charge in [0.1, 0.15) is 11.7 Å². The second-order valence-electron chi connectivity index (χ2n) is 3.81. The Hall–Kier alpha value is -1.56. The van der Waals surface area contributed by atoms with Crippen molar-refractivity contribution in [2.45, 2.75) is 19.4 Å². The van der Waals surface area contributed by atoms with Gasteiger partial charge in [-0.2, -0.15) is 11.8 Å². The molecule has 0 aliphatic rings. The van der Waals surface area contributed by atoms with Gasteiger partial charge in [-0.05, 0) is 37.5 Å². The molecule has 1 unspecified atom stereocenters. The van der Waals surface area contributed by atoms with E-state index in [1.54, 1.807) is 36.9 Å². The van der Waals surface area contributed by atoms with Gasteiger partial charge in [-0.25, -0.2) is 9.78 Å². The van der Waals surface area contributed by atoms with Gasteiger partial charge >= 0.3 is 5.97 Å². The number of aliphatic carboxylic acids is 1. The lowest BCUT2D eigenvalue weighted by atomic mass is 10.2. The number of rotatable bonds is 6. The minimum Gasteiger partial charge on any atom is -0.480 e. The van der Waals surface area contributed by atoms with E-state index in [9.17, 15) is 9.59 Å². The summed E-state index contributed by atoms with van der Waals surface area (Å²) in [7, 11) is 0. The number of nitrogens with one attached hydrogen (secondary N) is 1. The molecule has 0 spiro atoms. The number of aryl methyl sites for hydroxylation is 1. The highest BCUT2D eigenvalue weighted by Gasteiger charge is 2.20. The van der Waals surface area contributed by atoms with Crippen LogP contribution in [0, 0.1) is 6.92 Å². The maximum Gasteiger partial charge on any atom is 0.326 e. The molecule has 0 saturated heterocycles. The van der Waals surface area contributed by atoms with Gasteiger partial charge in [-0.3, -0.25) is 4.79 Å². The van der Waals surface area contributed by atoms with Gasteiger partial charge in [0.15, 0.2) is 0 Å². The monoisotopic (exact) mass is 268 g/mol. The number of carboxylic acids is 1. The second-order valence-corrected chi connectivity index (χ2v) is 4.80. The highest BCUT2D eigenvalue weighted by Crippen LogP contribution is 2.03. The number of aromatic nitrogens is 1. The topological polar surface area (TPSA) is 79.3 Å². The molecule has 18 heavy (non-hydrogen) atoms. The Morgan fingerprint density at radius 2 is 2.22 bits per heavy atom. The zero-order chi connectivity index (χ0) is 13.5. The van der Waals surface area contributed by atoms with E-state index < -0.39 is 17.9 Å². The summed E-state index contributed by atoms with van der Waals surface area (Å²) in [5, 5.41) is 11.5. The fourth-order valence-corrected chi connectivity index (χ4v) is 1.87. The Labute approximate surface area is 110 Å². The number of nitrogens with zero attached hydrogens (tertiary/aromatic N) is 1. The SMILES string of the molecule is CSCCC(NC(=O)c1cccc(C)n1)C(=O)O. The van der Waals surface area contributed by atoms with Crippen LogP contribution in [0.1, 0.15) is 22.6 Å². The van der Waals surface area contributed by atoms with E-state index in [0.717, 1.165) is 5.69 Å². The predicted octanol–water partition coefficient (Wildman–Crippen LogP) is 1.33. The Morgan fingerprint density at radius 3 is 2.78 bits per heavy atom. The lowest BCUT2D eigenvalue weighted by Crippen LogP contribution is -2.41. The molecule has 98 valence electrons. The molecule has 0 bridgehead atoms. The zero-order valence-electron chi connectivity index (χ0n) is 10.3. The Kier molecular flexibility index (Phi) is 5.64. The second kappa shape index (κ2) is 7.00. The third kappa shape index (κ3) is 4.37. The Morgan fingerprint density at radius 1 is 1.50 bits per heavy atom. The number of carbonyl (C=O) groups excluding carboxylic acids is 1. The number of pyridine rings is 1. The molecule has 1 heterocycles. The van der Waals surface area contributed by atoms with Crippen molar-refractivity contribution in [2.75, 3.05) is 12.0 Å². The van der Waals surface area contributed by atoms with Gasteiger partial charge in [0.2, 0.25) is 0 Å². The lowest BCUT2D eigenvalue weighted by molar-refractivity contribution is -0.139. The van der Waals surface area contributed by atoms with Crippen LogP contribution in [0.15, 0.2) is 18.2 Å². The van der Waals surface area contributed by atoms with Crippen molar-refractivity contribution in [1.29, 1.82) is 0 Å². The summed E-state index contributed by atoms with van der Waals surface area (Å²) in [5.74, 6) is -0.796. The van der Waals surface area contributed by atoms with Crippen molar-refractivity contribution in [2.24, 2.45) is 0 Å². The maximum absolute atomic E-state index is 11.8. The zero-order valence-corrected chi connectivity index (χ0v) is 11.2. The molecule has 1 amide bonds. The first-order chi connectivity index (χ1) is 8.54. The first-order valence-electron chi connectivity index (χ1n) is 5.51. The van der Waals surface area contributed by atoms with Gasteiger partial charge in [-0.1, -0.05) is 6.07 Å². The summed E-state index contributed by atoms with van der Waals surface area (Å²) in [5.41, 5.74) is 0.962. The molecule has 0 saturated carbocycles. The molecule has 6 heteroatoms. The van der Waals surface area contributed by atoms with E-state index in [2.05, 4.69) is 10.3 Å². The molecule has 0 radical (unpaired) electrons. The van der Waals surface area contributed by atoms with Crippen LogP contribution in [-0.2, 0) is 4.79 Å². The highest BCUT2D eigenvalue weighted by molar-refractivity contribution is 7.98. The van der Waals surface area contributed by atoms with Crippen LogP contribution < -0.4 is 5.32 Å².